The van der Waals surface area contributed by atoms with Crippen LogP contribution >= 0.6 is 27.5 Å². The second-order valence-corrected chi connectivity index (χ2v) is 9.99. The van der Waals surface area contributed by atoms with Crippen LogP contribution < -0.4 is 10.6 Å². The van der Waals surface area contributed by atoms with Gasteiger partial charge >= 0.3 is 0 Å². The fourth-order valence-electron chi connectivity index (χ4n) is 3.96. The molecule has 0 spiro atoms. The van der Waals surface area contributed by atoms with Crippen molar-refractivity contribution < 1.29 is 9.59 Å². The summed E-state index contributed by atoms with van der Waals surface area (Å²) in [6.07, 6.45) is 5.75. The van der Waals surface area contributed by atoms with Crippen molar-refractivity contribution in [3.05, 3.63) is 81.8 Å². The number of aromatic nitrogens is 5. The van der Waals surface area contributed by atoms with Gasteiger partial charge < -0.3 is 15.2 Å². The van der Waals surface area contributed by atoms with Gasteiger partial charge in [-0.1, -0.05) is 27.5 Å². The fraction of sp³-hybridized carbons (Fsp3) is 0.240. The first kappa shape index (κ1) is 24.2. The average molecular weight is 569 g/mol. The van der Waals surface area contributed by atoms with Gasteiger partial charge in [-0.25, -0.2) is 0 Å². The maximum absolute atomic E-state index is 13.3. The Morgan fingerprint density at radius 1 is 1.17 bits per heavy atom. The van der Waals surface area contributed by atoms with Crippen molar-refractivity contribution in [1.82, 2.24) is 29.9 Å². The first-order valence-electron chi connectivity index (χ1n) is 11.4. The predicted molar refractivity (Wildman–Crippen MR) is 140 cm³/mol. The zero-order chi connectivity index (χ0) is 25.2. The third-order valence-corrected chi connectivity index (χ3v) is 6.89. The van der Waals surface area contributed by atoms with Gasteiger partial charge in [-0.15, -0.1) is 10.2 Å². The Kier molecular flexibility index (Phi) is 6.88. The van der Waals surface area contributed by atoms with Crippen molar-refractivity contribution in [2.24, 2.45) is 7.05 Å². The summed E-state index contributed by atoms with van der Waals surface area (Å²) < 4.78 is 4.36. The summed E-state index contributed by atoms with van der Waals surface area (Å²) in [6.45, 7) is 0. The Bertz CT molecular complexity index is 1410. The lowest BCUT2D eigenvalue weighted by Crippen LogP contribution is -2.45. The molecule has 36 heavy (non-hydrogen) atoms. The van der Waals surface area contributed by atoms with Crippen molar-refractivity contribution in [3.8, 4) is 11.4 Å². The van der Waals surface area contributed by atoms with E-state index in [4.69, 9.17) is 11.6 Å². The molecule has 1 fully saturated rings. The molecule has 0 bridgehead atoms. The van der Waals surface area contributed by atoms with E-state index in [0.29, 0.717) is 22.4 Å². The van der Waals surface area contributed by atoms with E-state index in [1.165, 1.54) is 10.9 Å². The topological polar surface area (TPSA) is 107 Å². The van der Waals surface area contributed by atoms with E-state index in [0.717, 1.165) is 34.3 Å². The van der Waals surface area contributed by atoms with E-state index in [-0.39, 0.29) is 12.3 Å². The van der Waals surface area contributed by atoms with Crippen LogP contribution in [0, 0.1) is 0 Å². The number of carbonyl (C=O) groups excluding carboxylic acids is 2. The molecule has 1 aliphatic rings. The number of amides is 2. The van der Waals surface area contributed by atoms with Crippen LogP contribution in [0.2, 0.25) is 5.02 Å². The quantitative estimate of drug-likeness (QED) is 0.328. The van der Waals surface area contributed by atoms with Crippen LogP contribution in [0.25, 0.3) is 11.4 Å². The highest BCUT2D eigenvalue weighted by molar-refractivity contribution is 9.10. The highest BCUT2D eigenvalue weighted by atomic mass is 79.9. The minimum absolute atomic E-state index is 0.205. The Hall–Kier alpha value is -3.50. The van der Waals surface area contributed by atoms with Crippen molar-refractivity contribution in [2.45, 2.75) is 31.3 Å². The highest BCUT2D eigenvalue weighted by Gasteiger charge is 2.27. The van der Waals surface area contributed by atoms with Crippen LogP contribution in [0.4, 0.5) is 5.69 Å². The van der Waals surface area contributed by atoms with Gasteiger partial charge in [0.25, 0.3) is 5.91 Å². The number of aryl methyl sites for hydroxylation is 1. The summed E-state index contributed by atoms with van der Waals surface area (Å²) in [6, 6.07) is 14.0. The Balaban J connectivity index is 1.35. The normalized spacial score (nSPS) is 13.9. The zero-order valence-electron chi connectivity index (χ0n) is 19.4. The third-order valence-electron chi connectivity index (χ3n) is 6.03. The molecular weight excluding hydrogens is 546 g/mol. The number of nitrogens with one attached hydrogen (secondary N) is 2. The average Bonchev–Trinajstić information content (AvgIpc) is 3.42. The lowest BCUT2D eigenvalue weighted by atomic mass is 10.0. The molecule has 2 amide bonds. The SMILES string of the molecule is Cn1nccc1C(=O)NC(Cc1cc(Br)ccc1Cl)C(=O)Nc1ccc(-c2nncn2C2CC2)cc1. The number of halogens is 2. The van der Waals surface area contributed by atoms with Gasteiger partial charge in [0.05, 0.1) is 0 Å². The van der Waals surface area contributed by atoms with Gasteiger partial charge in [-0.2, -0.15) is 5.10 Å². The molecule has 2 aromatic carbocycles. The minimum atomic E-state index is -0.878. The summed E-state index contributed by atoms with van der Waals surface area (Å²) in [5.41, 5.74) is 2.59. The summed E-state index contributed by atoms with van der Waals surface area (Å²) >= 11 is 9.82. The maximum Gasteiger partial charge on any atom is 0.270 e. The Morgan fingerprint density at radius 2 is 1.94 bits per heavy atom. The van der Waals surface area contributed by atoms with Gasteiger partial charge in [0.1, 0.15) is 18.1 Å². The van der Waals surface area contributed by atoms with E-state index in [1.807, 2.05) is 36.4 Å². The number of carbonyl (C=O) groups is 2. The number of benzene rings is 2. The molecule has 1 unspecified atom stereocenters. The number of anilines is 1. The molecule has 1 saturated carbocycles. The number of hydrogen-bond donors (Lipinski definition) is 2. The predicted octanol–water partition coefficient (Wildman–Crippen LogP) is 4.41. The van der Waals surface area contributed by atoms with Crippen molar-refractivity contribution in [3.63, 3.8) is 0 Å². The number of rotatable bonds is 8. The molecule has 1 aliphatic carbocycles. The number of nitrogens with zero attached hydrogens (tertiary/aromatic N) is 5. The van der Waals surface area contributed by atoms with E-state index >= 15 is 0 Å². The molecular formula is C25H23BrClN7O2. The minimum Gasteiger partial charge on any atom is -0.339 e. The molecule has 0 saturated heterocycles. The first-order chi connectivity index (χ1) is 17.4. The molecule has 5 rings (SSSR count). The van der Waals surface area contributed by atoms with Crippen LogP contribution in [0.5, 0.6) is 0 Å². The molecule has 11 heteroatoms. The van der Waals surface area contributed by atoms with Gasteiger partial charge in [0, 0.05) is 46.5 Å². The molecule has 0 aliphatic heterocycles. The van der Waals surface area contributed by atoms with Crippen LogP contribution in [0.15, 0.2) is 65.5 Å². The van der Waals surface area contributed by atoms with Crippen molar-refractivity contribution in [2.75, 3.05) is 5.32 Å². The first-order valence-corrected chi connectivity index (χ1v) is 12.6. The standard InChI is InChI=1S/C25H23BrClN7O2/c1-33-22(10-11-29-33)25(36)31-21(13-16-12-17(26)4-9-20(16)27)24(35)30-18-5-2-15(3-6-18)23-32-28-14-34(23)19-7-8-19/h2-6,9-12,14,19,21H,7-8,13H2,1H3,(H,30,35)(H,31,36). The molecule has 9 nitrogen and oxygen atoms in total. The van der Waals surface area contributed by atoms with Gasteiger partial charge in [0.2, 0.25) is 5.91 Å². The molecule has 2 heterocycles. The zero-order valence-corrected chi connectivity index (χ0v) is 21.7. The second kappa shape index (κ2) is 10.2. The lowest BCUT2D eigenvalue weighted by molar-refractivity contribution is -0.118. The van der Waals surface area contributed by atoms with Crippen molar-refractivity contribution in [1.29, 1.82) is 0 Å². The summed E-state index contributed by atoms with van der Waals surface area (Å²) in [7, 11) is 1.67. The summed E-state index contributed by atoms with van der Waals surface area (Å²) in [5, 5.41) is 18.6. The van der Waals surface area contributed by atoms with E-state index in [9.17, 15) is 9.59 Å². The highest BCUT2D eigenvalue weighted by Crippen LogP contribution is 2.37. The Labute approximate surface area is 221 Å². The summed E-state index contributed by atoms with van der Waals surface area (Å²) in [4.78, 5) is 26.2. The smallest absolute Gasteiger partial charge is 0.270 e. The van der Waals surface area contributed by atoms with Gasteiger partial charge in [0.15, 0.2) is 5.82 Å². The third kappa shape index (κ3) is 5.34. The van der Waals surface area contributed by atoms with Crippen LogP contribution in [-0.4, -0.2) is 42.4 Å². The molecule has 1 atom stereocenters. The molecule has 2 N–H and O–H groups in total. The summed E-state index contributed by atoms with van der Waals surface area (Å²) in [5.74, 6) is 0.0347. The van der Waals surface area contributed by atoms with Crippen LogP contribution in [0.3, 0.4) is 0 Å². The van der Waals surface area contributed by atoms with Crippen LogP contribution in [0.1, 0.15) is 34.9 Å². The molecule has 0 radical (unpaired) electrons. The molecule has 2 aromatic heterocycles. The largest absolute Gasteiger partial charge is 0.339 e. The number of hydrogen-bond acceptors (Lipinski definition) is 5. The molecule has 4 aromatic rings. The van der Waals surface area contributed by atoms with Gasteiger partial charge in [-0.05, 0) is 66.9 Å². The monoisotopic (exact) mass is 567 g/mol. The maximum atomic E-state index is 13.3. The van der Waals surface area contributed by atoms with Crippen LogP contribution in [-0.2, 0) is 18.3 Å². The Morgan fingerprint density at radius 3 is 2.64 bits per heavy atom. The van der Waals surface area contributed by atoms with Gasteiger partial charge in [-0.3, -0.25) is 14.3 Å². The van der Waals surface area contributed by atoms with E-state index < -0.39 is 11.9 Å². The van der Waals surface area contributed by atoms with Crippen molar-refractivity contribution >= 4 is 45.0 Å². The lowest BCUT2D eigenvalue weighted by Gasteiger charge is -2.19. The second-order valence-electron chi connectivity index (χ2n) is 8.67. The van der Waals surface area contributed by atoms with E-state index in [2.05, 4.69) is 46.4 Å². The fourth-order valence-corrected chi connectivity index (χ4v) is 4.56. The molecule has 184 valence electrons. The van der Waals surface area contributed by atoms with E-state index in [1.54, 1.807) is 25.5 Å².